The van der Waals surface area contributed by atoms with E-state index in [4.69, 9.17) is 0 Å². The Morgan fingerprint density at radius 1 is 0.478 bits per heavy atom. The molecule has 0 fully saturated rings. The van der Waals surface area contributed by atoms with Crippen LogP contribution in [0.4, 0.5) is 0 Å². The summed E-state index contributed by atoms with van der Waals surface area (Å²) in [4.78, 5) is 0. The van der Waals surface area contributed by atoms with Crippen LogP contribution in [0.3, 0.4) is 0 Å². The Hall–Kier alpha value is -0.0400. The number of hydrogen-bond acceptors (Lipinski definition) is 1. The highest BCUT2D eigenvalue weighted by molar-refractivity contribution is 4.59. The van der Waals surface area contributed by atoms with E-state index in [2.05, 4.69) is 13.8 Å². The first-order chi connectivity index (χ1) is 11.3. The van der Waals surface area contributed by atoms with Gasteiger partial charge in [-0.25, -0.2) is 0 Å². The summed E-state index contributed by atoms with van der Waals surface area (Å²) in [5, 5.41) is 9.49. The maximum absolute atomic E-state index is 9.49. The summed E-state index contributed by atoms with van der Waals surface area (Å²) in [6.07, 6.45) is 24.8. The number of unbranched alkanes of at least 4 members (excludes halogenated alkanes) is 14. The predicted molar refractivity (Wildman–Crippen MR) is 105 cm³/mol. The third kappa shape index (κ3) is 18.1. The molecule has 23 heavy (non-hydrogen) atoms. The van der Waals surface area contributed by atoms with E-state index in [-0.39, 0.29) is 0 Å². The SMILES string of the molecule is CCCCCCCCCCCCCC(CO)CCCCCCC. The number of aliphatic hydroxyl groups excluding tert-OH is 1. The zero-order valence-corrected chi connectivity index (χ0v) is 16.5. The largest absolute Gasteiger partial charge is 0.396 e. The average molecular weight is 327 g/mol. The minimum Gasteiger partial charge on any atom is -0.396 e. The van der Waals surface area contributed by atoms with Gasteiger partial charge in [0.05, 0.1) is 0 Å². The molecule has 1 nitrogen and oxygen atoms in total. The molecule has 0 aliphatic carbocycles. The van der Waals surface area contributed by atoms with E-state index in [1.807, 2.05) is 0 Å². The van der Waals surface area contributed by atoms with Crippen LogP contribution >= 0.6 is 0 Å². The fourth-order valence-electron chi connectivity index (χ4n) is 3.46. The van der Waals surface area contributed by atoms with Crippen LogP contribution in [0, 0.1) is 5.92 Å². The van der Waals surface area contributed by atoms with Gasteiger partial charge in [0.15, 0.2) is 0 Å². The molecule has 0 aliphatic heterocycles. The average Bonchev–Trinajstić information content (AvgIpc) is 2.57. The van der Waals surface area contributed by atoms with E-state index >= 15 is 0 Å². The zero-order chi connectivity index (χ0) is 17.0. The lowest BCUT2D eigenvalue weighted by Gasteiger charge is -2.13. The third-order valence-corrected chi connectivity index (χ3v) is 5.19. The summed E-state index contributed by atoms with van der Waals surface area (Å²) in [6, 6.07) is 0. The first-order valence-corrected chi connectivity index (χ1v) is 11.0. The smallest absolute Gasteiger partial charge is 0.0459 e. The first-order valence-electron chi connectivity index (χ1n) is 11.0. The quantitative estimate of drug-likeness (QED) is 0.242. The minimum atomic E-state index is 0.408. The Kier molecular flexibility index (Phi) is 20.0. The first kappa shape index (κ1) is 23.0. The highest BCUT2D eigenvalue weighted by atomic mass is 16.3. The van der Waals surface area contributed by atoms with Crippen molar-refractivity contribution >= 4 is 0 Å². The van der Waals surface area contributed by atoms with Crippen molar-refractivity contribution < 1.29 is 5.11 Å². The second-order valence-electron chi connectivity index (χ2n) is 7.58. The van der Waals surface area contributed by atoms with Gasteiger partial charge in [0.25, 0.3) is 0 Å². The molecule has 0 heterocycles. The van der Waals surface area contributed by atoms with Crippen molar-refractivity contribution in [2.45, 2.75) is 129 Å². The second-order valence-corrected chi connectivity index (χ2v) is 7.58. The lowest BCUT2D eigenvalue weighted by atomic mass is 9.95. The molecule has 0 amide bonds. The minimum absolute atomic E-state index is 0.408. The molecule has 0 rings (SSSR count). The van der Waals surface area contributed by atoms with Gasteiger partial charge in [-0.1, -0.05) is 117 Å². The van der Waals surface area contributed by atoms with E-state index < -0.39 is 0 Å². The van der Waals surface area contributed by atoms with Crippen LogP contribution in [0.5, 0.6) is 0 Å². The molecule has 1 unspecified atom stereocenters. The molecular weight excluding hydrogens is 280 g/mol. The van der Waals surface area contributed by atoms with Crippen molar-refractivity contribution in [3.63, 3.8) is 0 Å². The molecule has 0 spiro atoms. The van der Waals surface area contributed by atoms with Gasteiger partial charge in [0, 0.05) is 6.61 Å². The number of hydrogen-bond donors (Lipinski definition) is 1. The standard InChI is InChI=1S/C22H46O/c1-3-5-7-9-10-11-12-13-14-16-18-20-22(21-23)19-17-15-8-6-4-2/h22-23H,3-21H2,1-2H3. The molecule has 0 aromatic carbocycles. The van der Waals surface area contributed by atoms with Crippen molar-refractivity contribution in [1.82, 2.24) is 0 Å². The van der Waals surface area contributed by atoms with Gasteiger partial charge in [0.2, 0.25) is 0 Å². The van der Waals surface area contributed by atoms with Gasteiger partial charge < -0.3 is 5.11 Å². The second kappa shape index (κ2) is 20.0. The van der Waals surface area contributed by atoms with E-state index in [1.165, 1.54) is 116 Å². The molecule has 0 aromatic rings. The van der Waals surface area contributed by atoms with Gasteiger partial charge in [-0.2, -0.15) is 0 Å². The van der Waals surface area contributed by atoms with Crippen molar-refractivity contribution in [1.29, 1.82) is 0 Å². The van der Waals surface area contributed by atoms with Crippen LogP contribution in [0.2, 0.25) is 0 Å². The molecule has 0 saturated carbocycles. The molecule has 1 heteroatoms. The molecule has 0 aliphatic rings. The highest BCUT2D eigenvalue weighted by Gasteiger charge is 2.06. The summed E-state index contributed by atoms with van der Waals surface area (Å²) in [5.41, 5.74) is 0. The summed E-state index contributed by atoms with van der Waals surface area (Å²) in [6.45, 7) is 4.96. The van der Waals surface area contributed by atoms with Crippen molar-refractivity contribution in [3.8, 4) is 0 Å². The fraction of sp³-hybridized carbons (Fsp3) is 1.00. The zero-order valence-electron chi connectivity index (χ0n) is 16.5. The molecule has 1 N–H and O–H groups in total. The van der Waals surface area contributed by atoms with Gasteiger partial charge in [0.1, 0.15) is 0 Å². The summed E-state index contributed by atoms with van der Waals surface area (Å²) in [7, 11) is 0. The third-order valence-electron chi connectivity index (χ3n) is 5.19. The molecule has 0 saturated heterocycles. The molecule has 140 valence electrons. The Bertz CT molecular complexity index is 202. The predicted octanol–water partition coefficient (Wildman–Crippen LogP) is 7.66. The van der Waals surface area contributed by atoms with Crippen LogP contribution < -0.4 is 0 Å². The maximum Gasteiger partial charge on any atom is 0.0459 e. The van der Waals surface area contributed by atoms with E-state index in [0.29, 0.717) is 12.5 Å². The Morgan fingerprint density at radius 3 is 1.09 bits per heavy atom. The monoisotopic (exact) mass is 326 g/mol. The lowest BCUT2D eigenvalue weighted by molar-refractivity contribution is 0.204. The maximum atomic E-state index is 9.49. The van der Waals surface area contributed by atoms with Crippen molar-refractivity contribution in [2.24, 2.45) is 5.92 Å². The van der Waals surface area contributed by atoms with Crippen LogP contribution in [0.15, 0.2) is 0 Å². The number of rotatable bonds is 19. The van der Waals surface area contributed by atoms with Crippen LogP contribution in [-0.2, 0) is 0 Å². The van der Waals surface area contributed by atoms with Gasteiger partial charge in [-0.15, -0.1) is 0 Å². The fourth-order valence-corrected chi connectivity index (χ4v) is 3.46. The highest BCUT2D eigenvalue weighted by Crippen LogP contribution is 2.19. The molecule has 0 bridgehead atoms. The van der Waals surface area contributed by atoms with E-state index in [0.717, 1.165) is 0 Å². The van der Waals surface area contributed by atoms with Gasteiger partial charge in [-0.05, 0) is 18.8 Å². The van der Waals surface area contributed by atoms with Gasteiger partial charge >= 0.3 is 0 Å². The Balaban J connectivity index is 3.24. The molecular formula is C22H46O. The van der Waals surface area contributed by atoms with E-state index in [9.17, 15) is 5.11 Å². The molecule has 1 atom stereocenters. The van der Waals surface area contributed by atoms with Crippen molar-refractivity contribution in [3.05, 3.63) is 0 Å². The van der Waals surface area contributed by atoms with Gasteiger partial charge in [-0.3, -0.25) is 0 Å². The topological polar surface area (TPSA) is 20.2 Å². The molecule has 0 aromatic heterocycles. The normalized spacial score (nSPS) is 12.7. The van der Waals surface area contributed by atoms with Crippen LogP contribution in [0.25, 0.3) is 0 Å². The summed E-state index contributed by atoms with van der Waals surface area (Å²) < 4.78 is 0. The number of aliphatic hydroxyl groups is 1. The van der Waals surface area contributed by atoms with Crippen molar-refractivity contribution in [2.75, 3.05) is 6.61 Å². The summed E-state index contributed by atoms with van der Waals surface area (Å²) in [5.74, 6) is 0.579. The van der Waals surface area contributed by atoms with Crippen LogP contribution in [-0.4, -0.2) is 11.7 Å². The Morgan fingerprint density at radius 2 is 0.783 bits per heavy atom. The Labute approximate surface area is 147 Å². The summed E-state index contributed by atoms with van der Waals surface area (Å²) >= 11 is 0. The lowest BCUT2D eigenvalue weighted by Crippen LogP contribution is -2.06. The van der Waals surface area contributed by atoms with E-state index in [1.54, 1.807) is 0 Å². The van der Waals surface area contributed by atoms with Crippen LogP contribution in [0.1, 0.15) is 129 Å². The molecule has 0 radical (unpaired) electrons.